The molecule has 172 valence electrons. The Morgan fingerprint density at radius 1 is 1.27 bits per heavy atom. The minimum absolute atomic E-state index is 0.0145. The second-order valence-electron chi connectivity index (χ2n) is 7.11. The number of primary amides is 1. The maximum Gasteiger partial charge on any atom is 0.280 e. The van der Waals surface area contributed by atoms with Gasteiger partial charge in [0.1, 0.15) is 21.9 Å². The number of fused-ring (bicyclic) bond motifs is 1. The van der Waals surface area contributed by atoms with Crippen molar-refractivity contribution >= 4 is 55.0 Å². The first-order valence-corrected chi connectivity index (χ1v) is 11.4. The number of halogens is 3. The molecule has 0 saturated carbocycles. The Kier molecular flexibility index (Phi) is 6.26. The van der Waals surface area contributed by atoms with Gasteiger partial charge < -0.3 is 11.1 Å². The van der Waals surface area contributed by atoms with Crippen molar-refractivity contribution in [3.8, 4) is 11.1 Å². The number of nitrogens with two attached hydrogens (primary N) is 1. The van der Waals surface area contributed by atoms with E-state index in [1.54, 1.807) is 17.1 Å². The van der Waals surface area contributed by atoms with Crippen LogP contribution in [0.25, 0.3) is 21.3 Å². The van der Waals surface area contributed by atoms with Gasteiger partial charge in [-0.25, -0.2) is 13.8 Å². The van der Waals surface area contributed by atoms with Gasteiger partial charge in [-0.05, 0) is 41.4 Å². The molecule has 4 aromatic rings. The summed E-state index contributed by atoms with van der Waals surface area (Å²) >= 11 is 4.11. The van der Waals surface area contributed by atoms with Crippen molar-refractivity contribution in [2.24, 2.45) is 5.73 Å². The van der Waals surface area contributed by atoms with Gasteiger partial charge in [0.05, 0.1) is 22.6 Å². The van der Waals surface area contributed by atoms with Gasteiger partial charge in [-0.3, -0.25) is 19.0 Å². The van der Waals surface area contributed by atoms with E-state index in [4.69, 9.17) is 5.73 Å². The Balaban J connectivity index is 1.90. The number of nitrogens with zero attached hydrogens (tertiary/aromatic N) is 5. The molecule has 9 nitrogen and oxygen atoms in total. The monoisotopic (exact) mass is 537 g/mol. The number of thiophene rings is 1. The van der Waals surface area contributed by atoms with Gasteiger partial charge in [-0.2, -0.15) is 10.2 Å². The van der Waals surface area contributed by atoms with Crippen LogP contribution in [0.15, 0.2) is 29.1 Å². The van der Waals surface area contributed by atoms with Crippen LogP contribution in [0, 0.1) is 6.92 Å². The van der Waals surface area contributed by atoms with E-state index < -0.39 is 23.9 Å². The minimum Gasteiger partial charge on any atom is -0.365 e. The van der Waals surface area contributed by atoms with Crippen molar-refractivity contribution in [1.29, 1.82) is 0 Å². The van der Waals surface area contributed by atoms with Crippen molar-refractivity contribution in [3.05, 3.63) is 45.4 Å². The molecule has 0 aliphatic rings. The summed E-state index contributed by atoms with van der Waals surface area (Å²) in [4.78, 5) is 29.2. The maximum absolute atomic E-state index is 13.6. The zero-order valence-corrected chi connectivity index (χ0v) is 19.9. The minimum atomic E-state index is -2.83. The van der Waals surface area contributed by atoms with Gasteiger partial charge >= 0.3 is 0 Å². The molecule has 0 aliphatic heterocycles. The topological polar surface area (TPSA) is 121 Å². The average molecular weight is 538 g/mol. The first-order chi connectivity index (χ1) is 15.7. The number of carbonyl (C=O) groups is 2. The highest BCUT2D eigenvalue weighted by molar-refractivity contribution is 9.10. The number of alkyl halides is 2. The molecule has 0 aliphatic carbocycles. The first-order valence-electron chi connectivity index (χ1n) is 9.75. The lowest BCUT2D eigenvalue weighted by Crippen LogP contribution is -2.21. The number of rotatable bonds is 7. The molecule has 0 saturated heterocycles. The Hall–Kier alpha value is -3.19. The molecule has 0 unspecified atom stereocenters. The van der Waals surface area contributed by atoms with Crippen molar-refractivity contribution in [2.45, 2.75) is 33.4 Å². The molecule has 0 radical (unpaired) electrons. The molecular weight excluding hydrogens is 520 g/mol. The Morgan fingerprint density at radius 3 is 2.61 bits per heavy atom. The van der Waals surface area contributed by atoms with Crippen LogP contribution in [0.2, 0.25) is 0 Å². The third kappa shape index (κ3) is 4.37. The highest BCUT2D eigenvalue weighted by Gasteiger charge is 2.26. The Morgan fingerprint density at radius 2 is 2.03 bits per heavy atom. The fourth-order valence-electron chi connectivity index (χ4n) is 3.51. The smallest absolute Gasteiger partial charge is 0.280 e. The number of pyridine rings is 1. The summed E-state index contributed by atoms with van der Waals surface area (Å²) in [7, 11) is 0. The highest BCUT2D eigenvalue weighted by Crippen LogP contribution is 2.43. The average Bonchev–Trinajstić information content (AvgIpc) is 3.44. The lowest BCUT2D eigenvalue weighted by molar-refractivity contribution is -0.116. The van der Waals surface area contributed by atoms with Crippen LogP contribution < -0.4 is 11.1 Å². The number of hydrogen-bond acceptors (Lipinski definition) is 6. The molecule has 4 rings (SSSR count). The molecule has 0 atom stereocenters. The van der Waals surface area contributed by atoms with Gasteiger partial charge in [0.25, 0.3) is 12.3 Å². The van der Waals surface area contributed by atoms with Crippen LogP contribution in [0.1, 0.15) is 34.4 Å². The zero-order valence-electron chi connectivity index (χ0n) is 17.5. The van der Waals surface area contributed by atoms with E-state index >= 15 is 0 Å². The van der Waals surface area contributed by atoms with Crippen LogP contribution in [0.5, 0.6) is 0 Å². The number of amides is 2. The van der Waals surface area contributed by atoms with Gasteiger partial charge in [0.15, 0.2) is 0 Å². The molecule has 0 aromatic carbocycles. The summed E-state index contributed by atoms with van der Waals surface area (Å²) < 4.78 is 31.1. The standard InChI is InChI=1S/C20H18BrF2N7O2S/c1-3-30-9(2)12(6-26-30)11-4-13(18(22)23)27-20-15(11)16(17(33-20)19(24)32)28-14(31)8-29-7-10(21)5-25-29/h4-7,18H,3,8H2,1-2H3,(H2,24,32)(H,28,31). The summed E-state index contributed by atoms with van der Waals surface area (Å²) in [5.41, 5.74) is 6.96. The van der Waals surface area contributed by atoms with E-state index in [0.717, 1.165) is 17.0 Å². The van der Waals surface area contributed by atoms with Crippen molar-refractivity contribution in [2.75, 3.05) is 5.32 Å². The summed E-state index contributed by atoms with van der Waals surface area (Å²) in [5.74, 6) is -1.28. The van der Waals surface area contributed by atoms with Crippen molar-refractivity contribution in [1.82, 2.24) is 24.5 Å². The van der Waals surface area contributed by atoms with E-state index in [-0.39, 0.29) is 21.9 Å². The Bertz CT molecular complexity index is 1380. The predicted octanol–water partition coefficient (Wildman–Crippen LogP) is 4.12. The SMILES string of the molecule is CCn1ncc(-c2cc(C(F)F)nc3sc(C(N)=O)c(NC(=O)Cn4cc(Br)cn4)c23)c1C. The highest BCUT2D eigenvalue weighted by atomic mass is 79.9. The van der Waals surface area contributed by atoms with Crippen LogP contribution in [-0.4, -0.2) is 36.4 Å². The molecule has 13 heteroatoms. The van der Waals surface area contributed by atoms with Gasteiger partial charge in [0, 0.05) is 29.4 Å². The third-order valence-corrected chi connectivity index (χ3v) is 6.50. The maximum atomic E-state index is 13.6. The largest absolute Gasteiger partial charge is 0.365 e. The fraction of sp³-hybridized carbons (Fsp3) is 0.250. The van der Waals surface area contributed by atoms with Gasteiger partial charge in [-0.15, -0.1) is 11.3 Å². The normalized spacial score (nSPS) is 11.5. The van der Waals surface area contributed by atoms with Crippen LogP contribution in [0.4, 0.5) is 14.5 Å². The lowest BCUT2D eigenvalue weighted by Gasteiger charge is -2.11. The van der Waals surface area contributed by atoms with Gasteiger partial charge in [-0.1, -0.05) is 0 Å². The predicted molar refractivity (Wildman–Crippen MR) is 123 cm³/mol. The van der Waals surface area contributed by atoms with Crippen molar-refractivity contribution in [3.63, 3.8) is 0 Å². The molecule has 0 fully saturated rings. The first kappa shape index (κ1) is 23.0. The molecule has 3 N–H and O–H groups in total. The number of aryl methyl sites for hydroxylation is 1. The van der Waals surface area contributed by atoms with Crippen LogP contribution >= 0.6 is 27.3 Å². The summed E-state index contributed by atoms with van der Waals surface area (Å²) in [6.07, 6.45) is 1.89. The number of hydrogen-bond donors (Lipinski definition) is 2. The number of anilines is 1. The van der Waals surface area contributed by atoms with E-state index in [1.807, 2.05) is 13.8 Å². The fourth-order valence-corrected chi connectivity index (χ4v) is 4.86. The summed E-state index contributed by atoms with van der Waals surface area (Å²) in [6, 6.07) is 1.26. The molecule has 4 aromatic heterocycles. The van der Waals surface area contributed by atoms with Gasteiger partial charge in [0.2, 0.25) is 5.91 Å². The van der Waals surface area contributed by atoms with E-state index in [9.17, 15) is 18.4 Å². The molecule has 4 heterocycles. The van der Waals surface area contributed by atoms with Crippen LogP contribution in [0.3, 0.4) is 0 Å². The quantitative estimate of drug-likeness (QED) is 0.367. The summed E-state index contributed by atoms with van der Waals surface area (Å²) in [6.45, 7) is 4.17. The lowest BCUT2D eigenvalue weighted by atomic mass is 10.0. The molecular formula is C20H18BrF2N7O2S. The number of carbonyl (C=O) groups excluding carboxylic acids is 2. The third-order valence-electron chi connectivity index (χ3n) is 4.99. The van der Waals surface area contributed by atoms with E-state index in [0.29, 0.717) is 27.5 Å². The number of nitrogens with one attached hydrogen (secondary N) is 1. The second kappa shape index (κ2) is 8.98. The van der Waals surface area contributed by atoms with E-state index in [2.05, 4.69) is 36.4 Å². The molecule has 0 bridgehead atoms. The zero-order chi connectivity index (χ0) is 23.9. The molecule has 33 heavy (non-hydrogen) atoms. The second-order valence-corrected chi connectivity index (χ2v) is 9.02. The Labute approximate surface area is 198 Å². The molecule has 2 amide bonds. The summed E-state index contributed by atoms with van der Waals surface area (Å²) in [5, 5.41) is 11.4. The van der Waals surface area contributed by atoms with E-state index in [1.165, 1.54) is 16.9 Å². The number of aromatic nitrogens is 5. The van der Waals surface area contributed by atoms with Crippen LogP contribution in [-0.2, 0) is 17.9 Å². The molecule has 0 spiro atoms. The van der Waals surface area contributed by atoms with Crippen molar-refractivity contribution < 1.29 is 18.4 Å².